The molecular formula is C13H16F2N4O4. The minimum atomic E-state index is -2.78. The number of halogens is 2. The lowest BCUT2D eigenvalue weighted by atomic mass is 10.1. The summed E-state index contributed by atoms with van der Waals surface area (Å²) in [4.78, 5) is 35.3. The van der Waals surface area contributed by atoms with E-state index in [2.05, 4.69) is 10.4 Å². The molecule has 8 nitrogen and oxygen atoms in total. The highest BCUT2D eigenvalue weighted by Crippen LogP contribution is 2.19. The normalized spacial score (nSPS) is 14.6. The van der Waals surface area contributed by atoms with Gasteiger partial charge in [-0.1, -0.05) is 0 Å². The molecule has 1 aliphatic rings. The first-order valence-corrected chi connectivity index (χ1v) is 6.87. The molecular weight excluding hydrogens is 314 g/mol. The maximum Gasteiger partial charge on any atom is 0.333 e. The molecule has 1 aromatic rings. The third-order valence-corrected chi connectivity index (χ3v) is 3.50. The molecule has 0 spiro atoms. The zero-order valence-corrected chi connectivity index (χ0v) is 12.6. The summed E-state index contributed by atoms with van der Waals surface area (Å²) in [6, 6.07) is -0.532. The maximum absolute atomic E-state index is 12.7. The Kier molecular flexibility index (Phi) is 4.92. The number of nitrogens with one attached hydrogen (secondary N) is 1. The number of imide groups is 1. The number of ether oxygens (including phenoxy) is 1. The summed E-state index contributed by atoms with van der Waals surface area (Å²) >= 11 is 0. The van der Waals surface area contributed by atoms with Crippen LogP contribution < -0.4 is 5.32 Å². The van der Waals surface area contributed by atoms with Crippen molar-refractivity contribution in [1.82, 2.24) is 20.0 Å². The molecule has 0 bridgehead atoms. The van der Waals surface area contributed by atoms with Gasteiger partial charge in [-0.2, -0.15) is 13.9 Å². The molecule has 3 amide bonds. The van der Waals surface area contributed by atoms with Gasteiger partial charge < -0.3 is 10.1 Å². The average Bonchev–Trinajstić information content (AvgIpc) is 2.94. The van der Waals surface area contributed by atoms with Crippen LogP contribution in [0.5, 0.6) is 0 Å². The molecule has 1 fully saturated rings. The summed E-state index contributed by atoms with van der Waals surface area (Å²) in [6.45, 7) is -0.0796. The molecule has 1 aromatic heterocycles. The van der Waals surface area contributed by atoms with Gasteiger partial charge in [-0.3, -0.25) is 14.5 Å². The van der Waals surface area contributed by atoms with Crippen molar-refractivity contribution in [3.05, 3.63) is 17.0 Å². The van der Waals surface area contributed by atoms with E-state index in [9.17, 15) is 23.2 Å². The van der Waals surface area contributed by atoms with Crippen molar-refractivity contribution in [2.75, 3.05) is 19.7 Å². The minimum absolute atomic E-state index is 0.0509. The van der Waals surface area contributed by atoms with E-state index < -0.39 is 24.5 Å². The second-order valence-electron chi connectivity index (χ2n) is 4.97. The highest BCUT2D eigenvalue weighted by atomic mass is 19.3. The number of carbonyl (C=O) groups is 3. The fourth-order valence-corrected chi connectivity index (χ4v) is 2.27. The van der Waals surface area contributed by atoms with Crippen LogP contribution in [-0.4, -0.2) is 52.3 Å². The Morgan fingerprint density at radius 2 is 2.09 bits per heavy atom. The van der Waals surface area contributed by atoms with E-state index in [-0.39, 0.29) is 31.8 Å². The fourth-order valence-electron chi connectivity index (χ4n) is 2.27. The largest absolute Gasteiger partial charge is 0.464 e. The van der Waals surface area contributed by atoms with E-state index in [1.54, 1.807) is 0 Å². The van der Waals surface area contributed by atoms with Crippen LogP contribution in [0.15, 0.2) is 0 Å². The summed E-state index contributed by atoms with van der Waals surface area (Å²) < 4.78 is 30.9. The molecule has 0 unspecified atom stereocenters. The van der Waals surface area contributed by atoms with E-state index >= 15 is 0 Å². The number of aromatic nitrogens is 2. The zero-order valence-electron chi connectivity index (χ0n) is 12.6. The Morgan fingerprint density at radius 1 is 1.39 bits per heavy atom. The maximum atomic E-state index is 12.7. The number of carbonyl (C=O) groups excluding carboxylic acids is 3. The minimum Gasteiger partial charge on any atom is -0.464 e. The Morgan fingerprint density at radius 3 is 2.61 bits per heavy atom. The predicted molar refractivity (Wildman–Crippen MR) is 72.7 cm³/mol. The number of hydrogen-bond acceptors (Lipinski definition) is 5. The number of urea groups is 1. The van der Waals surface area contributed by atoms with Crippen LogP contribution >= 0.6 is 0 Å². The average molecular weight is 330 g/mol. The second kappa shape index (κ2) is 6.71. The van der Waals surface area contributed by atoms with Crippen LogP contribution in [0, 0.1) is 13.8 Å². The van der Waals surface area contributed by atoms with Crippen LogP contribution in [0.25, 0.3) is 0 Å². The first-order chi connectivity index (χ1) is 10.8. The molecule has 0 saturated carbocycles. The molecule has 0 atom stereocenters. The van der Waals surface area contributed by atoms with Gasteiger partial charge in [0.05, 0.1) is 25.2 Å². The lowest BCUT2D eigenvalue weighted by Crippen LogP contribution is -2.34. The SMILES string of the molecule is Cc1nn(C(F)F)c(C)c1CC(=O)OCCN1C(=O)CNC1=O. The number of rotatable bonds is 6. The standard InChI is InChI=1S/C13H16F2N4O4/c1-7-9(8(2)19(17-7)12(14)15)5-11(21)23-4-3-18-10(20)6-16-13(18)22/h12H,3-6H2,1-2H3,(H,16,22). The van der Waals surface area contributed by atoms with Crippen molar-refractivity contribution in [1.29, 1.82) is 0 Å². The van der Waals surface area contributed by atoms with Crippen molar-refractivity contribution < 1.29 is 27.9 Å². The van der Waals surface area contributed by atoms with Gasteiger partial charge in [0.25, 0.3) is 0 Å². The number of amides is 3. The first kappa shape index (κ1) is 16.8. The number of hydrogen-bond donors (Lipinski definition) is 1. The highest BCUT2D eigenvalue weighted by molar-refractivity contribution is 6.01. The third kappa shape index (κ3) is 3.63. The van der Waals surface area contributed by atoms with Crippen LogP contribution in [0.1, 0.15) is 23.5 Å². The molecule has 0 aliphatic carbocycles. The molecule has 1 N–H and O–H groups in total. The van der Waals surface area contributed by atoms with E-state index in [1.807, 2.05) is 0 Å². The van der Waals surface area contributed by atoms with Crippen LogP contribution in [0.4, 0.5) is 13.6 Å². The van der Waals surface area contributed by atoms with Gasteiger partial charge in [0, 0.05) is 11.3 Å². The number of esters is 1. The molecule has 2 heterocycles. The van der Waals surface area contributed by atoms with E-state index in [0.717, 1.165) is 4.90 Å². The number of aryl methyl sites for hydroxylation is 1. The lowest BCUT2D eigenvalue weighted by molar-refractivity contribution is -0.144. The summed E-state index contributed by atoms with van der Waals surface area (Å²) in [6.07, 6.45) is -0.204. The third-order valence-electron chi connectivity index (χ3n) is 3.50. The molecule has 10 heteroatoms. The van der Waals surface area contributed by atoms with Gasteiger partial charge in [-0.25, -0.2) is 9.48 Å². The van der Waals surface area contributed by atoms with Crippen molar-refractivity contribution in [2.24, 2.45) is 0 Å². The van der Waals surface area contributed by atoms with Gasteiger partial charge in [0.1, 0.15) is 6.61 Å². The summed E-state index contributed by atoms with van der Waals surface area (Å²) in [5, 5.41) is 6.02. The Bertz CT molecular complexity index is 628. The smallest absolute Gasteiger partial charge is 0.333 e. The molecule has 126 valence electrons. The van der Waals surface area contributed by atoms with Crippen LogP contribution in [-0.2, 0) is 20.7 Å². The van der Waals surface area contributed by atoms with Gasteiger partial charge >= 0.3 is 18.5 Å². The van der Waals surface area contributed by atoms with Gasteiger partial charge in [-0.05, 0) is 13.8 Å². The second-order valence-corrected chi connectivity index (χ2v) is 4.97. The summed E-state index contributed by atoms with van der Waals surface area (Å²) in [5.41, 5.74) is 0.905. The topological polar surface area (TPSA) is 93.5 Å². The van der Waals surface area contributed by atoms with Gasteiger partial charge in [0.2, 0.25) is 5.91 Å². The fraction of sp³-hybridized carbons (Fsp3) is 0.538. The molecule has 1 aliphatic heterocycles. The monoisotopic (exact) mass is 330 g/mol. The highest BCUT2D eigenvalue weighted by Gasteiger charge is 2.28. The number of nitrogens with zero attached hydrogens (tertiary/aromatic N) is 3. The molecule has 0 radical (unpaired) electrons. The van der Waals surface area contributed by atoms with E-state index in [0.29, 0.717) is 15.9 Å². The van der Waals surface area contributed by atoms with Crippen molar-refractivity contribution in [3.8, 4) is 0 Å². The Labute approximate surface area is 130 Å². The summed E-state index contributed by atoms with van der Waals surface area (Å²) in [5.74, 6) is -1.03. The van der Waals surface area contributed by atoms with Crippen LogP contribution in [0.3, 0.4) is 0 Å². The Balaban J connectivity index is 1.88. The zero-order chi connectivity index (χ0) is 17.1. The van der Waals surface area contributed by atoms with Crippen LogP contribution in [0.2, 0.25) is 0 Å². The molecule has 23 heavy (non-hydrogen) atoms. The molecule has 1 saturated heterocycles. The van der Waals surface area contributed by atoms with Crippen molar-refractivity contribution >= 4 is 17.9 Å². The number of alkyl halides is 2. The molecule has 2 rings (SSSR count). The quantitative estimate of drug-likeness (QED) is 0.607. The van der Waals surface area contributed by atoms with Crippen molar-refractivity contribution in [2.45, 2.75) is 26.8 Å². The first-order valence-electron chi connectivity index (χ1n) is 6.87. The summed E-state index contributed by atoms with van der Waals surface area (Å²) in [7, 11) is 0. The molecule has 0 aromatic carbocycles. The Hall–Kier alpha value is -2.52. The van der Waals surface area contributed by atoms with E-state index in [1.165, 1.54) is 13.8 Å². The van der Waals surface area contributed by atoms with E-state index in [4.69, 9.17) is 4.74 Å². The lowest BCUT2D eigenvalue weighted by Gasteiger charge is -2.12. The predicted octanol–water partition coefficient (Wildman–Crippen LogP) is 0.533. The van der Waals surface area contributed by atoms with Crippen molar-refractivity contribution in [3.63, 3.8) is 0 Å². The van der Waals surface area contributed by atoms with Gasteiger partial charge in [-0.15, -0.1) is 0 Å². The van der Waals surface area contributed by atoms with Gasteiger partial charge in [0.15, 0.2) is 0 Å².